The van der Waals surface area contributed by atoms with E-state index in [1.807, 2.05) is 6.07 Å². The van der Waals surface area contributed by atoms with Crippen molar-refractivity contribution in [3.8, 4) is 6.07 Å². The first-order chi connectivity index (χ1) is 8.20. The molecule has 17 heavy (non-hydrogen) atoms. The normalized spacial score (nSPS) is 9.94. The van der Waals surface area contributed by atoms with Gasteiger partial charge in [-0.25, -0.2) is 4.39 Å². The molecule has 2 aromatic carbocycles. The largest absolute Gasteiger partial charge is 0.207 e. The molecule has 0 aliphatic rings. The number of rotatable bonds is 2. The van der Waals surface area contributed by atoms with Gasteiger partial charge in [0.2, 0.25) is 0 Å². The van der Waals surface area contributed by atoms with Gasteiger partial charge < -0.3 is 0 Å². The minimum atomic E-state index is -0.277. The van der Waals surface area contributed by atoms with Gasteiger partial charge in [0.15, 0.2) is 0 Å². The van der Waals surface area contributed by atoms with Crippen LogP contribution < -0.4 is 0 Å². The zero-order valence-electron chi connectivity index (χ0n) is 8.65. The molecule has 0 saturated heterocycles. The summed E-state index contributed by atoms with van der Waals surface area (Å²) in [6, 6.07) is 13.5. The molecule has 0 saturated carbocycles. The Labute approximate surface area is 108 Å². The summed E-state index contributed by atoms with van der Waals surface area (Å²) in [6.07, 6.45) is 0. The van der Waals surface area contributed by atoms with Crippen LogP contribution in [0.15, 0.2) is 52.3 Å². The summed E-state index contributed by atoms with van der Waals surface area (Å²) >= 11 is 7.31. The second kappa shape index (κ2) is 5.22. The van der Waals surface area contributed by atoms with Gasteiger partial charge >= 0.3 is 0 Å². The van der Waals surface area contributed by atoms with Crippen molar-refractivity contribution < 1.29 is 4.39 Å². The zero-order valence-corrected chi connectivity index (χ0v) is 10.2. The molecule has 0 heterocycles. The maximum atomic E-state index is 12.8. The average Bonchev–Trinajstić information content (AvgIpc) is 2.32. The van der Waals surface area contributed by atoms with Crippen molar-refractivity contribution >= 4 is 23.4 Å². The molecular weight excluding hydrogens is 257 g/mol. The van der Waals surface area contributed by atoms with E-state index >= 15 is 0 Å². The Balaban J connectivity index is 2.34. The maximum absolute atomic E-state index is 12.8. The first kappa shape index (κ1) is 12.0. The van der Waals surface area contributed by atoms with Crippen molar-refractivity contribution in [3.05, 3.63) is 58.9 Å². The molecule has 84 valence electrons. The number of hydrogen-bond donors (Lipinski definition) is 0. The van der Waals surface area contributed by atoms with Gasteiger partial charge in [-0.05, 0) is 36.4 Å². The molecule has 0 aromatic heterocycles. The fourth-order valence-electron chi connectivity index (χ4n) is 1.33. The van der Waals surface area contributed by atoms with E-state index in [4.69, 9.17) is 16.9 Å². The minimum Gasteiger partial charge on any atom is -0.207 e. The minimum absolute atomic E-state index is 0.277. The topological polar surface area (TPSA) is 23.8 Å². The Morgan fingerprint density at radius 2 is 1.82 bits per heavy atom. The van der Waals surface area contributed by atoms with Crippen molar-refractivity contribution in [2.45, 2.75) is 9.79 Å². The lowest BCUT2D eigenvalue weighted by molar-refractivity contribution is 0.626. The molecule has 0 N–H and O–H groups in total. The highest BCUT2D eigenvalue weighted by molar-refractivity contribution is 7.99. The van der Waals surface area contributed by atoms with Crippen molar-refractivity contribution in [1.29, 1.82) is 5.26 Å². The molecule has 0 aliphatic carbocycles. The molecule has 0 unspecified atom stereocenters. The van der Waals surface area contributed by atoms with E-state index in [1.165, 1.54) is 23.9 Å². The van der Waals surface area contributed by atoms with Gasteiger partial charge in [-0.3, -0.25) is 0 Å². The molecule has 4 heteroatoms. The van der Waals surface area contributed by atoms with Crippen LogP contribution >= 0.6 is 23.4 Å². The molecule has 0 bridgehead atoms. The Morgan fingerprint density at radius 1 is 1.12 bits per heavy atom. The van der Waals surface area contributed by atoms with Crippen LogP contribution in [0.1, 0.15) is 5.56 Å². The Hall–Kier alpha value is -1.50. The molecule has 0 aliphatic heterocycles. The summed E-state index contributed by atoms with van der Waals surface area (Å²) in [6.45, 7) is 0. The van der Waals surface area contributed by atoms with Crippen LogP contribution in [-0.2, 0) is 0 Å². The lowest BCUT2D eigenvalue weighted by atomic mass is 10.2. The van der Waals surface area contributed by atoms with E-state index in [0.29, 0.717) is 10.6 Å². The number of nitriles is 1. The SMILES string of the molecule is N#Cc1c(Cl)cccc1Sc1ccc(F)cc1. The summed E-state index contributed by atoms with van der Waals surface area (Å²) in [5.41, 5.74) is 0.448. The number of hydrogen-bond acceptors (Lipinski definition) is 2. The second-order valence-electron chi connectivity index (χ2n) is 3.28. The monoisotopic (exact) mass is 263 g/mol. The third-order valence-corrected chi connectivity index (χ3v) is 3.51. The van der Waals surface area contributed by atoms with Crippen LogP contribution in [0.2, 0.25) is 5.02 Å². The zero-order chi connectivity index (χ0) is 12.3. The number of benzene rings is 2. The molecule has 1 nitrogen and oxygen atoms in total. The van der Waals surface area contributed by atoms with Gasteiger partial charge in [-0.1, -0.05) is 29.4 Å². The molecule has 2 rings (SSSR count). The Bertz CT molecular complexity index is 575. The highest BCUT2D eigenvalue weighted by atomic mass is 35.5. The summed E-state index contributed by atoms with van der Waals surface area (Å²) in [4.78, 5) is 1.64. The highest BCUT2D eigenvalue weighted by Gasteiger charge is 2.07. The summed E-state index contributed by atoms with van der Waals surface area (Å²) < 4.78 is 12.8. The Morgan fingerprint density at radius 3 is 2.47 bits per heavy atom. The van der Waals surface area contributed by atoms with Crippen molar-refractivity contribution in [2.24, 2.45) is 0 Å². The first-order valence-corrected chi connectivity index (χ1v) is 6.02. The average molecular weight is 264 g/mol. The molecule has 0 radical (unpaired) electrons. The summed E-state index contributed by atoms with van der Waals surface area (Å²) in [7, 11) is 0. The van der Waals surface area contributed by atoms with Crippen LogP contribution in [0.3, 0.4) is 0 Å². The van der Waals surface area contributed by atoms with E-state index in [0.717, 1.165) is 9.79 Å². The van der Waals surface area contributed by atoms with Crippen LogP contribution in [0, 0.1) is 17.1 Å². The molecular formula is C13H7ClFNS. The molecule has 0 fully saturated rings. The highest BCUT2D eigenvalue weighted by Crippen LogP contribution is 2.33. The standard InChI is InChI=1S/C13H7ClFNS/c14-12-2-1-3-13(11(12)8-16)17-10-6-4-9(15)5-7-10/h1-7H. The van der Waals surface area contributed by atoms with Crippen LogP contribution in [0.4, 0.5) is 4.39 Å². The van der Waals surface area contributed by atoms with Gasteiger partial charge in [-0.15, -0.1) is 0 Å². The van der Waals surface area contributed by atoms with E-state index in [9.17, 15) is 4.39 Å². The van der Waals surface area contributed by atoms with Gasteiger partial charge in [0, 0.05) is 9.79 Å². The quantitative estimate of drug-likeness (QED) is 0.796. The fraction of sp³-hybridized carbons (Fsp3) is 0. The molecule has 0 spiro atoms. The van der Waals surface area contributed by atoms with Gasteiger partial charge in [0.1, 0.15) is 11.9 Å². The van der Waals surface area contributed by atoms with Crippen molar-refractivity contribution in [3.63, 3.8) is 0 Å². The molecule has 0 amide bonds. The maximum Gasteiger partial charge on any atom is 0.123 e. The van der Waals surface area contributed by atoms with Crippen molar-refractivity contribution in [1.82, 2.24) is 0 Å². The molecule has 0 atom stereocenters. The van der Waals surface area contributed by atoms with E-state index < -0.39 is 0 Å². The van der Waals surface area contributed by atoms with E-state index in [1.54, 1.807) is 24.3 Å². The third kappa shape index (κ3) is 2.79. The van der Waals surface area contributed by atoms with E-state index in [-0.39, 0.29) is 5.82 Å². The van der Waals surface area contributed by atoms with Crippen LogP contribution in [0.5, 0.6) is 0 Å². The van der Waals surface area contributed by atoms with Crippen LogP contribution in [-0.4, -0.2) is 0 Å². The second-order valence-corrected chi connectivity index (χ2v) is 4.80. The molecule has 2 aromatic rings. The third-order valence-electron chi connectivity index (χ3n) is 2.13. The van der Waals surface area contributed by atoms with Gasteiger partial charge in [0.05, 0.1) is 10.6 Å². The Kier molecular flexibility index (Phi) is 3.68. The lowest BCUT2D eigenvalue weighted by Gasteiger charge is -2.04. The summed E-state index contributed by atoms with van der Waals surface area (Å²) in [5.74, 6) is -0.277. The summed E-state index contributed by atoms with van der Waals surface area (Å²) in [5, 5.41) is 9.44. The van der Waals surface area contributed by atoms with E-state index in [2.05, 4.69) is 6.07 Å². The first-order valence-electron chi connectivity index (χ1n) is 4.83. The predicted octanol–water partition coefficient (Wildman–Crippen LogP) is 4.50. The predicted molar refractivity (Wildman–Crippen MR) is 66.7 cm³/mol. The number of nitrogens with zero attached hydrogens (tertiary/aromatic N) is 1. The fourth-order valence-corrected chi connectivity index (χ4v) is 2.53. The van der Waals surface area contributed by atoms with Gasteiger partial charge in [0.25, 0.3) is 0 Å². The smallest absolute Gasteiger partial charge is 0.123 e. The van der Waals surface area contributed by atoms with Gasteiger partial charge in [-0.2, -0.15) is 5.26 Å². The lowest BCUT2D eigenvalue weighted by Crippen LogP contribution is -1.83. The number of halogens is 2. The van der Waals surface area contributed by atoms with Crippen molar-refractivity contribution in [2.75, 3.05) is 0 Å². The van der Waals surface area contributed by atoms with Crippen LogP contribution in [0.25, 0.3) is 0 Å².